The Morgan fingerprint density at radius 1 is 1.59 bits per heavy atom. The molecule has 0 aliphatic carbocycles. The molecule has 1 aromatic rings. The zero-order valence-corrected chi connectivity index (χ0v) is 9.76. The molecule has 1 N–H and O–H groups in total. The van der Waals surface area contributed by atoms with Gasteiger partial charge in [0.2, 0.25) is 0 Å². The highest BCUT2D eigenvalue weighted by Crippen LogP contribution is 2.11. The number of anilines is 1. The zero-order chi connectivity index (χ0) is 12.7. The lowest BCUT2D eigenvalue weighted by atomic mass is 10.2. The fraction of sp³-hybridized carbons (Fsp3) is 0.417. The van der Waals surface area contributed by atoms with E-state index < -0.39 is 5.97 Å². The van der Waals surface area contributed by atoms with Gasteiger partial charge in [-0.3, -0.25) is 4.79 Å². The number of rotatable bonds is 6. The summed E-state index contributed by atoms with van der Waals surface area (Å²) in [5.41, 5.74) is 0.893. The van der Waals surface area contributed by atoms with E-state index in [9.17, 15) is 4.79 Å². The molecule has 0 spiro atoms. The lowest BCUT2D eigenvalue weighted by Crippen LogP contribution is -2.30. The normalized spacial score (nSPS) is 9.65. The highest BCUT2D eigenvalue weighted by Gasteiger charge is 2.11. The smallest absolute Gasteiger partial charge is 0.323 e. The number of nitrogens with zero attached hydrogens (tertiary/aromatic N) is 3. The quantitative estimate of drug-likeness (QED) is 0.741. The monoisotopic (exact) mass is 233 g/mol. The molecule has 0 fully saturated rings. The second kappa shape index (κ2) is 6.48. The average Bonchev–Trinajstić information content (AvgIpc) is 2.29. The van der Waals surface area contributed by atoms with Crippen molar-refractivity contribution >= 4 is 11.8 Å². The second-order valence-electron chi connectivity index (χ2n) is 3.57. The van der Waals surface area contributed by atoms with E-state index in [1.165, 1.54) is 11.2 Å². The molecule has 0 radical (unpaired) electrons. The minimum absolute atomic E-state index is 0.160. The van der Waals surface area contributed by atoms with Crippen LogP contribution in [0.15, 0.2) is 12.4 Å². The van der Waals surface area contributed by atoms with Crippen molar-refractivity contribution < 1.29 is 9.90 Å². The molecule has 0 atom stereocenters. The first-order valence-electron chi connectivity index (χ1n) is 5.38. The predicted molar refractivity (Wildman–Crippen MR) is 64.7 cm³/mol. The molecule has 5 heteroatoms. The summed E-state index contributed by atoms with van der Waals surface area (Å²) in [5.74, 6) is 2.05. The number of hydrogen-bond acceptors (Lipinski definition) is 4. The lowest BCUT2D eigenvalue weighted by molar-refractivity contribution is -0.135. The van der Waals surface area contributed by atoms with Crippen molar-refractivity contribution in [1.29, 1.82) is 0 Å². The number of carboxylic acid groups (broad SMARTS) is 1. The molecule has 0 aliphatic heterocycles. The molecule has 5 nitrogen and oxygen atoms in total. The highest BCUT2D eigenvalue weighted by molar-refractivity contribution is 5.73. The van der Waals surface area contributed by atoms with Crippen molar-refractivity contribution in [3.63, 3.8) is 0 Å². The van der Waals surface area contributed by atoms with Crippen LogP contribution in [0, 0.1) is 12.3 Å². The van der Waals surface area contributed by atoms with Gasteiger partial charge in [0.1, 0.15) is 18.7 Å². The van der Waals surface area contributed by atoms with Crippen LogP contribution in [0.3, 0.4) is 0 Å². The molecule has 0 saturated heterocycles. The van der Waals surface area contributed by atoms with Crippen molar-refractivity contribution in [3.05, 3.63) is 18.1 Å². The molecule has 0 unspecified atom stereocenters. The summed E-state index contributed by atoms with van der Waals surface area (Å²) in [6.45, 7) is 2.11. The van der Waals surface area contributed by atoms with Crippen molar-refractivity contribution in [2.45, 2.75) is 19.8 Å². The summed E-state index contributed by atoms with van der Waals surface area (Å²) in [4.78, 5) is 20.4. The van der Waals surface area contributed by atoms with E-state index in [0.29, 0.717) is 5.82 Å². The maximum absolute atomic E-state index is 10.7. The van der Waals surface area contributed by atoms with E-state index in [0.717, 1.165) is 18.5 Å². The lowest BCUT2D eigenvalue weighted by Gasteiger charge is -2.18. The number of aromatic nitrogens is 2. The topological polar surface area (TPSA) is 66.3 Å². The van der Waals surface area contributed by atoms with Gasteiger partial charge in [-0.2, -0.15) is 0 Å². The van der Waals surface area contributed by atoms with Crippen molar-refractivity contribution in [3.8, 4) is 12.3 Å². The summed E-state index contributed by atoms with van der Waals surface area (Å²) >= 11 is 0. The molecule has 0 aliphatic rings. The largest absolute Gasteiger partial charge is 0.480 e. The molecule has 1 heterocycles. The van der Waals surface area contributed by atoms with Gasteiger partial charge in [-0.15, -0.1) is 6.42 Å². The van der Waals surface area contributed by atoms with E-state index in [1.54, 1.807) is 6.07 Å². The Hall–Kier alpha value is -2.09. The van der Waals surface area contributed by atoms with Crippen LogP contribution in [0.1, 0.15) is 19.0 Å². The second-order valence-corrected chi connectivity index (χ2v) is 3.57. The van der Waals surface area contributed by atoms with E-state index in [1.807, 2.05) is 0 Å². The third kappa shape index (κ3) is 4.11. The van der Waals surface area contributed by atoms with E-state index in [4.69, 9.17) is 11.5 Å². The van der Waals surface area contributed by atoms with Crippen molar-refractivity contribution in [2.75, 3.05) is 18.0 Å². The van der Waals surface area contributed by atoms with Crippen molar-refractivity contribution in [2.24, 2.45) is 0 Å². The predicted octanol–water partition coefficient (Wildman–Crippen LogP) is 0.953. The van der Waals surface area contributed by atoms with Gasteiger partial charge < -0.3 is 10.0 Å². The van der Waals surface area contributed by atoms with Gasteiger partial charge in [0, 0.05) is 11.8 Å². The van der Waals surface area contributed by atoms with E-state index in [-0.39, 0.29) is 13.1 Å². The van der Waals surface area contributed by atoms with Crippen molar-refractivity contribution in [1.82, 2.24) is 9.97 Å². The van der Waals surface area contributed by atoms with E-state index >= 15 is 0 Å². The third-order valence-corrected chi connectivity index (χ3v) is 2.15. The maximum Gasteiger partial charge on any atom is 0.323 e. The molecule has 1 aromatic heterocycles. The van der Waals surface area contributed by atoms with Gasteiger partial charge in [0.15, 0.2) is 0 Å². The SMILES string of the molecule is C#CCN(CC(=O)O)c1cc(CCC)ncn1. The summed E-state index contributed by atoms with van der Waals surface area (Å²) in [6, 6.07) is 1.78. The minimum atomic E-state index is -0.934. The van der Waals surface area contributed by atoms with Gasteiger partial charge in [-0.25, -0.2) is 9.97 Å². The Labute approximate surface area is 101 Å². The van der Waals surface area contributed by atoms with Crippen LogP contribution in [0.25, 0.3) is 0 Å². The molecular weight excluding hydrogens is 218 g/mol. The molecular formula is C12H15N3O2. The summed E-state index contributed by atoms with van der Waals surface area (Å²) in [6.07, 6.45) is 8.46. The Balaban J connectivity index is 2.89. The molecule has 0 aromatic carbocycles. The third-order valence-electron chi connectivity index (χ3n) is 2.15. The molecule has 1 rings (SSSR count). The standard InChI is InChI=1S/C12H15N3O2/c1-3-5-10-7-11(14-9-13-10)15(6-4-2)8-12(16)17/h2,7,9H,3,5-6,8H2,1H3,(H,16,17). The summed E-state index contributed by atoms with van der Waals surface area (Å²) in [5, 5.41) is 8.79. The van der Waals surface area contributed by atoms with Gasteiger partial charge in [0.25, 0.3) is 0 Å². The first-order valence-corrected chi connectivity index (χ1v) is 5.38. The Bertz CT molecular complexity index is 426. The van der Waals surface area contributed by atoms with Gasteiger partial charge in [-0.05, 0) is 6.42 Å². The molecule has 17 heavy (non-hydrogen) atoms. The fourth-order valence-corrected chi connectivity index (χ4v) is 1.44. The minimum Gasteiger partial charge on any atom is -0.480 e. The molecule has 90 valence electrons. The highest BCUT2D eigenvalue weighted by atomic mass is 16.4. The van der Waals surface area contributed by atoms with Crippen LogP contribution >= 0.6 is 0 Å². The van der Waals surface area contributed by atoms with Crippen LogP contribution < -0.4 is 4.90 Å². The van der Waals surface area contributed by atoms with Crippen LogP contribution in [-0.4, -0.2) is 34.1 Å². The number of carbonyl (C=O) groups is 1. The summed E-state index contributed by atoms with van der Waals surface area (Å²) in [7, 11) is 0. The first kappa shape index (κ1) is 13.0. The van der Waals surface area contributed by atoms with Gasteiger partial charge in [0.05, 0.1) is 6.54 Å². The van der Waals surface area contributed by atoms with Crippen LogP contribution in [0.5, 0.6) is 0 Å². The number of carboxylic acids is 1. The van der Waals surface area contributed by atoms with E-state index in [2.05, 4.69) is 22.8 Å². The number of terminal acetylenes is 1. The van der Waals surface area contributed by atoms with Crippen LogP contribution in [-0.2, 0) is 11.2 Å². The Morgan fingerprint density at radius 2 is 2.35 bits per heavy atom. The maximum atomic E-state index is 10.7. The van der Waals surface area contributed by atoms with Crippen LogP contribution in [0.2, 0.25) is 0 Å². The van der Waals surface area contributed by atoms with Gasteiger partial charge in [-0.1, -0.05) is 19.3 Å². The molecule has 0 amide bonds. The number of aliphatic carboxylic acids is 1. The molecule has 0 bridgehead atoms. The van der Waals surface area contributed by atoms with Gasteiger partial charge >= 0.3 is 5.97 Å². The Kier molecular flexibility index (Phi) is 4.95. The first-order chi connectivity index (χ1) is 8.17. The van der Waals surface area contributed by atoms with Crippen LogP contribution in [0.4, 0.5) is 5.82 Å². The number of aryl methyl sites for hydroxylation is 1. The summed E-state index contributed by atoms with van der Waals surface area (Å²) < 4.78 is 0. The fourth-order valence-electron chi connectivity index (χ4n) is 1.44. The molecule has 0 saturated carbocycles. The Morgan fingerprint density at radius 3 is 2.94 bits per heavy atom. The average molecular weight is 233 g/mol. The zero-order valence-electron chi connectivity index (χ0n) is 9.76. The number of hydrogen-bond donors (Lipinski definition) is 1.